The van der Waals surface area contributed by atoms with Gasteiger partial charge in [0.2, 0.25) is 0 Å². The molecule has 22 heavy (non-hydrogen) atoms. The number of carbonyl (C=O) groups excluding carboxylic acids is 1. The van der Waals surface area contributed by atoms with Crippen LogP contribution in [0.25, 0.3) is 5.69 Å². The highest BCUT2D eigenvalue weighted by molar-refractivity contribution is 6.67. The van der Waals surface area contributed by atoms with Crippen molar-refractivity contribution in [3.63, 3.8) is 0 Å². The van der Waals surface area contributed by atoms with Crippen LogP contribution in [0.5, 0.6) is 0 Å². The van der Waals surface area contributed by atoms with Gasteiger partial charge in [-0.3, -0.25) is 14.2 Å². The molecule has 0 amide bonds. The number of carbonyl (C=O) groups is 1. The van der Waals surface area contributed by atoms with Crippen molar-refractivity contribution in [2.75, 3.05) is 0 Å². The number of benzene rings is 1. The Labute approximate surface area is 126 Å². The quantitative estimate of drug-likeness (QED) is 0.790. The topological polar surface area (TPSA) is 61.1 Å². The molecule has 1 aromatic heterocycles. The smallest absolute Gasteiger partial charge is 0.292 e. The van der Waals surface area contributed by atoms with Crippen molar-refractivity contribution < 1.29 is 18.0 Å². The van der Waals surface area contributed by atoms with Crippen LogP contribution in [0.3, 0.4) is 0 Å². The number of hydrogen-bond acceptors (Lipinski definition) is 3. The summed E-state index contributed by atoms with van der Waals surface area (Å²) in [6, 6.07) is 5.47. The SMILES string of the molecule is Cn1c(C(F)(F)F)cc(=O)n(-c2cccc(C(=O)Cl)c2)c1=O. The molecule has 0 bridgehead atoms. The fraction of sp³-hybridized carbons (Fsp3) is 0.154. The van der Waals surface area contributed by atoms with E-state index in [1.54, 1.807) is 0 Å². The molecule has 2 aromatic rings. The number of hydrogen-bond donors (Lipinski definition) is 0. The zero-order valence-corrected chi connectivity index (χ0v) is 11.8. The third-order valence-electron chi connectivity index (χ3n) is 2.94. The van der Waals surface area contributed by atoms with Gasteiger partial charge in [-0.15, -0.1) is 0 Å². The molecule has 0 aliphatic carbocycles. The number of nitrogens with zero attached hydrogens (tertiary/aromatic N) is 2. The van der Waals surface area contributed by atoms with Crippen molar-refractivity contribution in [2.45, 2.75) is 6.18 Å². The summed E-state index contributed by atoms with van der Waals surface area (Å²) in [5, 5.41) is -0.821. The summed E-state index contributed by atoms with van der Waals surface area (Å²) < 4.78 is 39.1. The minimum absolute atomic E-state index is 0.00742. The maximum Gasteiger partial charge on any atom is 0.431 e. The number of alkyl halides is 3. The lowest BCUT2D eigenvalue weighted by molar-refractivity contribution is -0.144. The van der Waals surface area contributed by atoms with Crippen LogP contribution in [0.1, 0.15) is 16.1 Å². The van der Waals surface area contributed by atoms with E-state index < -0.39 is 28.4 Å². The second kappa shape index (κ2) is 5.45. The normalized spacial score (nSPS) is 11.5. The highest BCUT2D eigenvalue weighted by Crippen LogP contribution is 2.26. The molecule has 0 N–H and O–H groups in total. The standard InChI is InChI=1S/C13H8ClF3N2O3/c1-18-9(13(15,16)17)6-10(20)19(12(18)22)8-4-2-3-7(5-8)11(14)21/h2-6H,1H3. The van der Waals surface area contributed by atoms with Crippen LogP contribution >= 0.6 is 11.6 Å². The molecule has 1 heterocycles. The minimum Gasteiger partial charge on any atom is -0.292 e. The molecule has 9 heteroatoms. The Bertz CT molecular complexity index is 868. The van der Waals surface area contributed by atoms with E-state index in [4.69, 9.17) is 11.6 Å². The van der Waals surface area contributed by atoms with E-state index in [1.807, 2.05) is 0 Å². The van der Waals surface area contributed by atoms with Crippen molar-refractivity contribution in [1.82, 2.24) is 9.13 Å². The third-order valence-corrected chi connectivity index (χ3v) is 3.16. The first-order chi connectivity index (χ1) is 10.1. The third kappa shape index (κ3) is 2.82. The lowest BCUT2D eigenvalue weighted by atomic mass is 10.2. The van der Waals surface area contributed by atoms with E-state index in [-0.39, 0.29) is 11.3 Å². The zero-order chi connectivity index (χ0) is 16.7. The van der Waals surface area contributed by atoms with Gasteiger partial charge in [0.15, 0.2) is 0 Å². The van der Waals surface area contributed by atoms with Gasteiger partial charge in [0, 0.05) is 18.7 Å². The molecule has 0 aliphatic heterocycles. The van der Waals surface area contributed by atoms with Crippen molar-refractivity contribution in [3.8, 4) is 5.69 Å². The van der Waals surface area contributed by atoms with Gasteiger partial charge in [0.05, 0.1) is 5.69 Å². The molecule has 116 valence electrons. The first-order valence-corrected chi connectivity index (χ1v) is 6.21. The van der Waals surface area contributed by atoms with E-state index >= 15 is 0 Å². The summed E-state index contributed by atoms with van der Waals surface area (Å²) in [5.74, 6) is 0. The molecule has 0 spiro atoms. The van der Waals surface area contributed by atoms with Gasteiger partial charge in [-0.1, -0.05) is 6.07 Å². The van der Waals surface area contributed by atoms with Gasteiger partial charge in [-0.05, 0) is 29.8 Å². The average molecular weight is 333 g/mol. The fourth-order valence-electron chi connectivity index (χ4n) is 1.90. The monoisotopic (exact) mass is 332 g/mol. The maximum absolute atomic E-state index is 12.7. The largest absolute Gasteiger partial charge is 0.431 e. The molecule has 0 saturated heterocycles. The second-order valence-corrected chi connectivity index (χ2v) is 4.71. The average Bonchev–Trinajstić information content (AvgIpc) is 2.42. The van der Waals surface area contributed by atoms with E-state index in [2.05, 4.69) is 0 Å². The van der Waals surface area contributed by atoms with Gasteiger partial charge in [-0.25, -0.2) is 9.36 Å². The van der Waals surface area contributed by atoms with E-state index in [0.717, 1.165) is 13.1 Å². The summed E-state index contributed by atoms with van der Waals surface area (Å²) in [5.41, 5.74) is -3.74. The lowest BCUT2D eigenvalue weighted by Crippen LogP contribution is -2.40. The van der Waals surface area contributed by atoms with Gasteiger partial charge in [-0.2, -0.15) is 13.2 Å². The Hall–Kier alpha value is -2.35. The number of rotatable bonds is 2. The number of halogens is 4. The zero-order valence-electron chi connectivity index (χ0n) is 11.0. The Morgan fingerprint density at radius 3 is 2.36 bits per heavy atom. The second-order valence-electron chi connectivity index (χ2n) is 4.37. The molecular weight excluding hydrogens is 325 g/mol. The molecule has 5 nitrogen and oxygen atoms in total. The Kier molecular flexibility index (Phi) is 3.97. The number of aromatic nitrogens is 2. The molecule has 0 unspecified atom stereocenters. The predicted molar refractivity (Wildman–Crippen MR) is 72.5 cm³/mol. The van der Waals surface area contributed by atoms with Gasteiger partial charge in [0.25, 0.3) is 10.8 Å². The molecule has 0 fully saturated rings. The Morgan fingerprint density at radius 2 is 1.82 bits per heavy atom. The maximum atomic E-state index is 12.7. The lowest BCUT2D eigenvalue weighted by Gasteiger charge is -2.14. The van der Waals surface area contributed by atoms with Gasteiger partial charge in [0.1, 0.15) is 5.69 Å². The van der Waals surface area contributed by atoms with Crippen LogP contribution < -0.4 is 11.2 Å². The molecular formula is C13H8ClF3N2O3. The highest BCUT2D eigenvalue weighted by atomic mass is 35.5. The van der Waals surface area contributed by atoms with Crippen LogP contribution in [0.15, 0.2) is 39.9 Å². The summed E-state index contributed by atoms with van der Waals surface area (Å²) in [4.78, 5) is 35.0. The minimum atomic E-state index is -4.83. The van der Waals surface area contributed by atoms with Crippen molar-refractivity contribution in [1.29, 1.82) is 0 Å². The molecule has 2 rings (SSSR count). The van der Waals surface area contributed by atoms with Crippen molar-refractivity contribution in [2.24, 2.45) is 7.05 Å². The van der Waals surface area contributed by atoms with E-state index in [0.29, 0.717) is 15.2 Å². The van der Waals surface area contributed by atoms with E-state index in [1.165, 1.54) is 18.2 Å². The van der Waals surface area contributed by atoms with Crippen LogP contribution in [-0.2, 0) is 13.2 Å². The first kappa shape index (κ1) is 16.0. The summed E-state index contributed by atoms with van der Waals surface area (Å²) in [6.45, 7) is 0. The van der Waals surface area contributed by atoms with Gasteiger partial charge < -0.3 is 0 Å². The molecule has 0 radical (unpaired) electrons. The summed E-state index contributed by atoms with van der Waals surface area (Å²) in [7, 11) is 0.900. The fourth-order valence-corrected chi connectivity index (χ4v) is 2.02. The molecule has 1 aromatic carbocycles. The van der Waals surface area contributed by atoms with Crippen LogP contribution in [0.2, 0.25) is 0 Å². The predicted octanol–water partition coefficient (Wildman–Crippen LogP) is 1.93. The molecule has 0 atom stereocenters. The first-order valence-electron chi connectivity index (χ1n) is 5.83. The molecule has 0 saturated carbocycles. The van der Waals surface area contributed by atoms with E-state index in [9.17, 15) is 27.6 Å². The Morgan fingerprint density at radius 1 is 1.18 bits per heavy atom. The Balaban J connectivity index is 2.76. The van der Waals surface area contributed by atoms with Crippen molar-refractivity contribution in [3.05, 3.63) is 62.4 Å². The van der Waals surface area contributed by atoms with Crippen LogP contribution in [0.4, 0.5) is 13.2 Å². The molecule has 0 aliphatic rings. The highest BCUT2D eigenvalue weighted by Gasteiger charge is 2.35. The van der Waals surface area contributed by atoms with Crippen molar-refractivity contribution >= 4 is 16.8 Å². The summed E-state index contributed by atoms with van der Waals surface area (Å²) in [6.07, 6.45) is -4.83. The van der Waals surface area contributed by atoms with Crippen LogP contribution in [-0.4, -0.2) is 14.4 Å². The summed E-state index contributed by atoms with van der Waals surface area (Å²) >= 11 is 5.30. The van der Waals surface area contributed by atoms with Gasteiger partial charge >= 0.3 is 11.9 Å². The van der Waals surface area contributed by atoms with Crippen LogP contribution in [0, 0.1) is 0 Å².